The van der Waals surface area contributed by atoms with E-state index in [1.807, 2.05) is 26.8 Å². The van der Waals surface area contributed by atoms with Crippen LogP contribution in [0.15, 0.2) is 24.3 Å². The lowest BCUT2D eigenvalue weighted by Gasteiger charge is -2.16. The Bertz CT molecular complexity index is 539. The Morgan fingerprint density at radius 2 is 1.85 bits per heavy atom. The van der Waals surface area contributed by atoms with Crippen molar-refractivity contribution >= 4 is 14.0 Å². The van der Waals surface area contributed by atoms with E-state index in [4.69, 9.17) is 9.78 Å². The molecule has 0 amide bonds. The highest BCUT2D eigenvalue weighted by atomic mass is 28.3. The predicted molar refractivity (Wildman–Crippen MR) is 82.9 cm³/mol. The Labute approximate surface area is 122 Å². The zero-order valence-electron chi connectivity index (χ0n) is 13.0. The maximum Gasteiger partial charge on any atom is 0.373 e. The first-order valence-corrected chi connectivity index (χ1v) is 10.1. The van der Waals surface area contributed by atoms with Gasteiger partial charge in [-0.3, -0.25) is 4.89 Å². The second-order valence-electron chi connectivity index (χ2n) is 6.65. The second kappa shape index (κ2) is 6.25. The first kappa shape index (κ1) is 16.5. The summed E-state index contributed by atoms with van der Waals surface area (Å²) in [5.41, 5.74) is 4.00. The molecule has 20 heavy (non-hydrogen) atoms. The van der Waals surface area contributed by atoms with E-state index in [1.165, 1.54) is 0 Å². The van der Waals surface area contributed by atoms with Crippen LogP contribution in [0.1, 0.15) is 36.7 Å². The van der Waals surface area contributed by atoms with Crippen LogP contribution in [0.5, 0.6) is 0 Å². The van der Waals surface area contributed by atoms with Gasteiger partial charge in [0.25, 0.3) is 0 Å². The van der Waals surface area contributed by atoms with Gasteiger partial charge in [-0.05, 0) is 39.0 Å². The van der Waals surface area contributed by atoms with E-state index in [2.05, 4.69) is 31.1 Å². The molecule has 0 fully saturated rings. The van der Waals surface area contributed by atoms with Crippen LogP contribution in [-0.2, 0) is 9.78 Å². The summed E-state index contributed by atoms with van der Waals surface area (Å²) < 4.78 is 0. The minimum atomic E-state index is -1.43. The third kappa shape index (κ3) is 6.55. The van der Waals surface area contributed by atoms with Crippen molar-refractivity contribution in [2.45, 2.75) is 46.0 Å². The van der Waals surface area contributed by atoms with E-state index in [9.17, 15) is 4.79 Å². The molecule has 1 aromatic carbocycles. The Balaban J connectivity index is 2.82. The molecule has 0 aromatic heterocycles. The molecule has 0 unspecified atom stereocenters. The van der Waals surface area contributed by atoms with Crippen molar-refractivity contribution in [1.82, 2.24) is 0 Å². The van der Waals surface area contributed by atoms with Gasteiger partial charge in [0.1, 0.15) is 13.7 Å². The summed E-state index contributed by atoms with van der Waals surface area (Å²) in [5, 5.41) is 0. The monoisotopic (exact) mass is 290 g/mol. The molecular formula is C16H22O3Si. The largest absolute Gasteiger partial charge is 0.373 e. The summed E-state index contributed by atoms with van der Waals surface area (Å²) in [7, 11) is -1.43. The molecule has 0 radical (unpaired) electrons. The molecule has 0 spiro atoms. The van der Waals surface area contributed by atoms with Crippen molar-refractivity contribution in [3.63, 3.8) is 0 Å². The summed E-state index contributed by atoms with van der Waals surface area (Å²) in [6.07, 6.45) is 0. The average molecular weight is 290 g/mol. The van der Waals surface area contributed by atoms with E-state index in [1.54, 1.807) is 18.2 Å². The third-order valence-electron chi connectivity index (χ3n) is 2.05. The lowest BCUT2D eigenvalue weighted by Crippen LogP contribution is -2.22. The van der Waals surface area contributed by atoms with Gasteiger partial charge >= 0.3 is 5.97 Å². The number of carbonyl (C=O) groups excluding carboxylic acids is 1. The van der Waals surface area contributed by atoms with Gasteiger partial charge in [-0.15, -0.1) is 5.54 Å². The number of rotatable bonds is 2. The highest BCUT2D eigenvalue weighted by Gasteiger charge is 2.16. The molecule has 108 valence electrons. The van der Waals surface area contributed by atoms with Crippen LogP contribution in [0, 0.1) is 11.5 Å². The van der Waals surface area contributed by atoms with Crippen LogP contribution < -0.4 is 0 Å². The predicted octanol–water partition coefficient (Wildman–Crippen LogP) is 3.80. The van der Waals surface area contributed by atoms with Gasteiger partial charge in [-0.2, -0.15) is 4.89 Å². The first-order valence-electron chi connectivity index (χ1n) is 6.60. The number of carbonyl (C=O) groups is 1. The molecular weight excluding hydrogens is 268 g/mol. The molecule has 0 atom stereocenters. The molecule has 0 bridgehead atoms. The quantitative estimate of drug-likeness (QED) is 0.360. The Kier molecular flexibility index (Phi) is 5.15. The molecule has 0 saturated heterocycles. The smallest absolute Gasteiger partial charge is 0.292 e. The van der Waals surface area contributed by atoms with E-state index in [0.29, 0.717) is 5.56 Å². The minimum absolute atomic E-state index is 0.441. The van der Waals surface area contributed by atoms with Crippen molar-refractivity contribution in [3.05, 3.63) is 35.4 Å². The molecule has 4 heteroatoms. The minimum Gasteiger partial charge on any atom is -0.292 e. The van der Waals surface area contributed by atoms with Gasteiger partial charge in [0.2, 0.25) is 0 Å². The summed E-state index contributed by atoms with van der Waals surface area (Å²) in [5.74, 6) is 2.61. The van der Waals surface area contributed by atoms with Crippen molar-refractivity contribution in [2.24, 2.45) is 0 Å². The number of hydrogen-bond acceptors (Lipinski definition) is 3. The second-order valence-corrected chi connectivity index (χ2v) is 11.4. The maximum absolute atomic E-state index is 11.9. The third-order valence-corrected chi connectivity index (χ3v) is 2.92. The number of benzene rings is 1. The first-order chi connectivity index (χ1) is 9.07. The van der Waals surface area contributed by atoms with Crippen LogP contribution in [0.25, 0.3) is 0 Å². The van der Waals surface area contributed by atoms with E-state index in [-0.39, 0.29) is 0 Å². The van der Waals surface area contributed by atoms with Gasteiger partial charge in [0.05, 0.1) is 5.56 Å². The fraction of sp³-hybridized carbons (Fsp3) is 0.438. The van der Waals surface area contributed by atoms with E-state index < -0.39 is 19.6 Å². The van der Waals surface area contributed by atoms with Crippen molar-refractivity contribution in [1.29, 1.82) is 0 Å². The lowest BCUT2D eigenvalue weighted by molar-refractivity contribution is -0.301. The van der Waals surface area contributed by atoms with E-state index >= 15 is 0 Å². The van der Waals surface area contributed by atoms with Crippen LogP contribution in [0.3, 0.4) is 0 Å². The highest BCUT2D eigenvalue weighted by molar-refractivity contribution is 6.83. The van der Waals surface area contributed by atoms with Crippen LogP contribution in [0.4, 0.5) is 0 Å². The highest BCUT2D eigenvalue weighted by Crippen LogP contribution is 2.11. The van der Waals surface area contributed by atoms with Gasteiger partial charge in [0.15, 0.2) is 0 Å². The standard InChI is InChI=1S/C16H22O3Si/c1-16(2,3)19-18-15(17)14-9-7-8-13(12-14)10-11-20(4,5)6/h7-9,12H,1-6H3. The summed E-state index contributed by atoms with van der Waals surface area (Å²) >= 11 is 0. The molecule has 3 nitrogen and oxygen atoms in total. The molecule has 0 N–H and O–H groups in total. The zero-order chi connectivity index (χ0) is 15.4. The normalized spacial score (nSPS) is 11.5. The van der Waals surface area contributed by atoms with Crippen LogP contribution >= 0.6 is 0 Å². The van der Waals surface area contributed by atoms with Crippen LogP contribution in [0.2, 0.25) is 19.6 Å². The molecule has 1 aromatic rings. The van der Waals surface area contributed by atoms with Crippen molar-refractivity contribution in [3.8, 4) is 11.5 Å². The molecule has 0 aliphatic heterocycles. The van der Waals surface area contributed by atoms with Gasteiger partial charge in [0, 0.05) is 5.56 Å². The van der Waals surface area contributed by atoms with Gasteiger partial charge < -0.3 is 0 Å². The summed E-state index contributed by atoms with van der Waals surface area (Å²) in [6.45, 7) is 12.0. The molecule has 1 rings (SSSR count). The fourth-order valence-electron chi connectivity index (χ4n) is 1.19. The van der Waals surface area contributed by atoms with Gasteiger partial charge in [-0.1, -0.05) is 31.6 Å². The average Bonchev–Trinajstić information content (AvgIpc) is 2.32. The molecule has 0 heterocycles. The number of hydrogen-bond donors (Lipinski definition) is 0. The fourth-order valence-corrected chi connectivity index (χ4v) is 1.71. The van der Waals surface area contributed by atoms with Crippen molar-refractivity contribution in [2.75, 3.05) is 0 Å². The topological polar surface area (TPSA) is 35.5 Å². The van der Waals surface area contributed by atoms with Gasteiger partial charge in [-0.25, -0.2) is 4.79 Å². The zero-order valence-corrected chi connectivity index (χ0v) is 14.0. The van der Waals surface area contributed by atoms with Crippen LogP contribution in [-0.4, -0.2) is 19.6 Å². The molecule has 0 aliphatic rings. The Morgan fingerprint density at radius 1 is 1.20 bits per heavy atom. The van der Waals surface area contributed by atoms with Crippen molar-refractivity contribution < 1.29 is 14.6 Å². The Hall–Kier alpha value is -1.57. The summed E-state index contributed by atoms with van der Waals surface area (Å²) in [6, 6.07) is 7.09. The van der Waals surface area contributed by atoms with E-state index in [0.717, 1.165) is 5.56 Å². The lowest BCUT2D eigenvalue weighted by atomic mass is 10.1. The Morgan fingerprint density at radius 3 is 2.40 bits per heavy atom. The molecule has 0 aliphatic carbocycles. The summed E-state index contributed by atoms with van der Waals surface area (Å²) in [4.78, 5) is 21.7. The molecule has 0 saturated carbocycles. The maximum atomic E-state index is 11.9. The SMILES string of the molecule is CC(C)(C)OOC(=O)c1cccc(C#C[Si](C)(C)C)c1.